The van der Waals surface area contributed by atoms with Crippen LogP contribution >= 0.6 is 0 Å². The maximum atomic E-state index is 2.54. The molecule has 20 aromatic carbocycles. The molecule has 0 radical (unpaired) electrons. The molecule has 0 amide bonds. The molecule has 0 saturated carbocycles. The zero-order valence-corrected chi connectivity index (χ0v) is 72.5. The molecule has 0 aliphatic carbocycles. The summed E-state index contributed by atoms with van der Waals surface area (Å²) in [6.07, 6.45) is 3.97. The van der Waals surface area contributed by atoms with E-state index in [2.05, 4.69) is 455 Å². The van der Waals surface area contributed by atoms with Crippen LogP contribution in [0.15, 0.2) is 437 Å². The van der Waals surface area contributed by atoms with Gasteiger partial charge in [0.05, 0.1) is 22.1 Å². The molecule has 8 aliphatic heterocycles. The van der Waals surface area contributed by atoms with Crippen molar-refractivity contribution in [2.24, 2.45) is 0 Å². The van der Waals surface area contributed by atoms with E-state index in [1.165, 1.54) is 265 Å². The molecule has 8 heteroatoms. The topological polar surface area (TPSA) is 19.7 Å². The molecule has 0 atom stereocenters. The van der Waals surface area contributed by atoms with Gasteiger partial charge in [-0.3, -0.25) is 0 Å². The van der Waals surface area contributed by atoms with Crippen LogP contribution in [0.3, 0.4) is 0 Å². The van der Waals surface area contributed by atoms with Gasteiger partial charge in [0.1, 0.15) is 0 Å². The smallest absolute Gasteiger partial charge is 0.248 e. The summed E-state index contributed by atoms with van der Waals surface area (Å²) in [5, 5.41) is 10.8. The normalized spacial score (nSPS) is 13.3. The fraction of sp³-hybridized carbons (Fsp3) is 0.0323. The molecule has 12 heterocycles. The van der Waals surface area contributed by atoms with E-state index >= 15 is 0 Å². The lowest BCUT2D eigenvalue weighted by Gasteiger charge is -2.34. The highest BCUT2D eigenvalue weighted by atomic mass is 15.0. The molecule has 608 valence electrons. The van der Waals surface area contributed by atoms with Gasteiger partial charge in [0.15, 0.2) is 0 Å². The number of hydrogen-bond donors (Lipinski definition) is 0. The molecular formula is C124H80B4N4. The molecule has 24 aromatic rings. The van der Waals surface area contributed by atoms with Gasteiger partial charge in [-0.1, -0.05) is 410 Å². The van der Waals surface area contributed by atoms with E-state index in [1.807, 2.05) is 0 Å². The van der Waals surface area contributed by atoms with Crippen molar-refractivity contribution in [1.29, 1.82) is 0 Å². The van der Waals surface area contributed by atoms with E-state index in [9.17, 15) is 0 Å². The lowest BCUT2D eigenvalue weighted by molar-refractivity contribution is 1.16. The molecule has 0 saturated heterocycles. The van der Waals surface area contributed by atoms with Crippen LogP contribution in [-0.4, -0.2) is 45.1 Å². The molecule has 0 N–H and O–H groups in total. The molecule has 32 rings (SSSR count). The summed E-state index contributed by atoms with van der Waals surface area (Å²) < 4.78 is 10.1. The fourth-order valence-corrected chi connectivity index (χ4v) is 25.5. The highest BCUT2D eigenvalue weighted by Gasteiger charge is 2.45. The number of rotatable bonds is 4. The fourth-order valence-electron chi connectivity index (χ4n) is 25.5. The van der Waals surface area contributed by atoms with E-state index in [0.717, 1.165) is 25.7 Å². The van der Waals surface area contributed by atoms with Gasteiger partial charge < -0.3 is 18.3 Å². The van der Waals surface area contributed by atoms with Gasteiger partial charge in [-0.05, 0) is 207 Å². The third-order valence-electron chi connectivity index (χ3n) is 30.8. The maximum absolute atomic E-state index is 2.54. The van der Waals surface area contributed by atoms with Crippen LogP contribution in [0.5, 0.6) is 0 Å². The second-order valence-electron chi connectivity index (χ2n) is 37.3. The number of aromatic nitrogens is 4. The Kier molecular flexibility index (Phi) is 16.0. The first kappa shape index (κ1) is 73.9. The monoisotopic (exact) mass is 1670 g/mol. The lowest BCUT2D eigenvalue weighted by atomic mass is 9.31. The number of hydrogen-bond acceptors (Lipinski definition) is 0. The average molecular weight is 1670 g/mol. The summed E-state index contributed by atoms with van der Waals surface area (Å²) in [6.45, 7) is 1.04. The Morgan fingerprint density at radius 2 is 0.447 bits per heavy atom. The average Bonchev–Trinajstić information content (AvgIpc) is 1.45. The molecular weight excluding hydrogens is 1590 g/mol. The Morgan fingerprint density at radius 1 is 0.152 bits per heavy atom. The minimum absolute atomic E-state index is 0.247. The van der Waals surface area contributed by atoms with Crippen LogP contribution in [0, 0.1) is 0 Å². The van der Waals surface area contributed by atoms with E-state index in [0.29, 0.717) is 0 Å². The summed E-state index contributed by atoms with van der Waals surface area (Å²) in [7, 11) is 0. The second kappa shape index (κ2) is 28.7. The summed E-state index contributed by atoms with van der Waals surface area (Å²) >= 11 is 0. The molecule has 132 heavy (non-hydrogen) atoms. The van der Waals surface area contributed by atoms with Crippen LogP contribution in [0.2, 0.25) is 0 Å². The lowest BCUT2D eigenvalue weighted by Crippen LogP contribution is -2.60. The minimum Gasteiger partial charge on any atom is -0.310 e. The standard InChI is InChI=1S/4C31H20BN/c1-2-9-20(10-3-1)23-13-8-11-21-19-22-17-18-25-24-12-4-6-15-27(24)33-28-16-7-5-14-26(28)32(29(21)23)30(22)31(25)33;1-2-9-20(10-3-1)23-13-8-16-28-30(23)32-26-14-6-4-11-21(26)19-22-17-18-25-24-12-5-7-15-27(24)33(28)31(25)29(22)32;1-2-8-20(9-3-1)21-15-17-26-23(18-21)19-22-14-16-25-24-10-4-6-12-28(24)33-29-13-7-5-11-27(29)32(26)30(22)31(25)33;1-2-8-20(9-3-1)21-14-15-22-18-23-16-17-25-24-10-4-6-12-28(24)33-29-13-7-5-11-26(29)32(27(22)19-21)30(23)31(25)33/h3*1-18H,19H2;1-17,19H,18H2. The Morgan fingerprint density at radius 3 is 0.924 bits per heavy atom. The first-order valence-electron chi connectivity index (χ1n) is 46.8. The van der Waals surface area contributed by atoms with Crippen molar-refractivity contribution in [1.82, 2.24) is 18.3 Å². The highest BCUT2D eigenvalue weighted by Crippen LogP contribution is 2.43. The van der Waals surface area contributed by atoms with Gasteiger partial charge in [-0.25, -0.2) is 0 Å². The molecule has 0 bridgehead atoms. The van der Waals surface area contributed by atoms with Crippen molar-refractivity contribution in [3.05, 3.63) is 481 Å². The van der Waals surface area contributed by atoms with Gasteiger partial charge in [0.25, 0.3) is 0 Å². The Hall–Kier alpha value is -16.1. The molecule has 4 aromatic heterocycles. The maximum Gasteiger partial charge on any atom is 0.248 e. The Labute approximate surface area is 766 Å². The first-order chi connectivity index (χ1) is 65.6. The minimum atomic E-state index is 0.247. The van der Waals surface area contributed by atoms with Gasteiger partial charge in [-0.15, -0.1) is 0 Å². The van der Waals surface area contributed by atoms with Crippen molar-refractivity contribution >= 4 is 180 Å². The quantitative estimate of drug-likeness (QED) is 0.157. The molecule has 4 nitrogen and oxygen atoms in total. The zero-order valence-electron chi connectivity index (χ0n) is 72.5. The summed E-state index contributed by atoms with van der Waals surface area (Å²) in [4.78, 5) is 0. The van der Waals surface area contributed by atoms with Crippen molar-refractivity contribution in [2.75, 3.05) is 0 Å². The molecule has 0 unspecified atom stereocenters. The first-order valence-corrected chi connectivity index (χ1v) is 46.8. The Balaban J connectivity index is 0.0000000862. The van der Waals surface area contributed by atoms with Crippen molar-refractivity contribution < 1.29 is 0 Å². The van der Waals surface area contributed by atoms with Crippen molar-refractivity contribution in [3.63, 3.8) is 0 Å². The SMILES string of the molecule is c1ccc(-c2ccc3c(c2)B2c4ccccc4-n4c5ccccc5c5ccc(c2c54)C3)cc1.c1ccc(-c2ccc3c(c2)Cc2ccc4c5ccccc5n5c4c2B3c2ccccc2-5)cc1.c1ccc(-c2cccc3c2B2c4ccccc4-n4c5ccccc5c5ccc(c2c54)C3)cc1.c1ccc(-c2cccc3c2B2c4ccccc4Cc4ccc5c6ccccc6n-3c5c42)cc1. The number of nitrogens with zero attached hydrogens (tertiary/aromatic N) is 4. The van der Waals surface area contributed by atoms with Crippen LogP contribution in [0.25, 0.3) is 154 Å². The third-order valence-corrected chi connectivity index (χ3v) is 30.8. The molecule has 8 aliphatic rings. The summed E-state index contributed by atoms with van der Waals surface area (Å²) in [6, 6.07) is 162. The second-order valence-corrected chi connectivity index (χ2v) is 37.3. The summed E-state index contributed by atoms with van der Waals surface area (Å²) in [5.74, 6) is 0. The summed E-state index contributed by atoms with van der Waals surface area (Å²) in [5.41, 5.74) is 55.6. The number of benzene rings is 20. The third kappa shape index (κ3) is 10.6. The molecule has 0 spiro atoms. The van der Waals surface area contributed by atoms with Gasteiger partial charge in [0.2, 0.25) is 26.9 Å². The highest BCUT2D eigenvalue weighted by molar-refractivity contribution is 7.01. The largest absolute Gasteiger partial charge is 0.310 e. The number of fused-ring (bicyclic) bond motifs is 32. The van der Waals surface area contributed by atoms with Crippen molar-refractivity contribution in [3.8, 4) is 67.3 Å². The van der Waals surface area contributed by atoms with Gasteiger partial charge in [0, 0.05) is 87.9 Å². The van der Waals surface area contributed by atoms with Crippen molar-refractivity contribution in [2.45, 2.75) is 25.7 Å². The number of para-hydroxylation sites is 7. The van der Waals surface area contributed by atoms with E-state index in [-0.39, 0.29) is 26.9 Å². The van der Waals surface area contributed by atoms with Gasteiger partial charge >= 0.3 is 0 Å². The zero-order chi connectivity index (χ0) is 86.1. The predicted octanol–water partition coefficient (Wildman–Crippen LogP) is 20.7. The predicted molar refractivity (Wildman–Crippen MR) is 560 cm³/mol. The van der Waals surface area contributed by atoms with Crippen LogP contribution < -0.4 is 65.6 Å². The van der Waals surface area contributed by atoms with E-state index in [4.69, 9.17) is 0 Å². The van der Waals surface area contributed by atoms with Gasteiger partial charge in [-0.2, -0.15) is 0 Å². The van der Waals surface area contributed by atoms with Crippen LogP contribution in [-0.2, 0) is 25.7 Å². The molecule has 0 fully saturated rings. The van der Waals surface area contributed by atoms with Crippen LogP contribution in [0.4, 0.5) is 0 Å². The Bertz CT molecular complexity index is 9050. The van der Waals surface area contributed by atoms with E-state index < -0.39 is 0 Å². The van der Waals surface area contributed by atoms with E-state index in [1.54, 1.807) is 0 Å². The van der Waals surface area contributed by atoms with Crippen LogP contribution in [0.1, 0.15) is 44.5 Å².